The zero-order valence-electron chi connectivity index (χ0n) is 19.5. The monoisotopic (exact) mass is 455 g/mol. The Morgan fingerprint density at radius 3 is 2.38 bits per heavy atom. The van der Waals surface area contributed by atoms with Crippen LogP contribution in [0.15, 0.2) is 47.4 Å². The van der Waals surface area contributed by atoms with Gasteiger partial charge < -0.3 is 14.1 Å². The Morgan fingerprint density at radius 2 is 1.78 bits per heavy atom. The number of carbonyl (C=O) groups is 1. The van der Waals surface area contributed by atoms with E-state index in [-0.39, 0.29) is 22.6 Å². The van der Waals surface area contributed by atoms with Gasteiger partial charge in [-0.25, -0.2) is 9.18 Å². The van der Waals surface area contributed by atoms with Crippen molar-refractivity contribution in [1.82, 2.24) is 4.98 Å². The van der Waals surface area contributed by atoms with Crippen LogP contribution >= 0.6 is 0 Å². The average Bonchev–Trinajstić information content (AvgIpc) is 2.72. The van der Waals surface area contributed by atoms with Crippen molar-refractivity contribution in [3.05, 3.63) is 69.8 Å². The van der Waals surface area contributed by atoms with Crippen LogP contribution in [0.2, 0.25) is 18.1 Å². The highest BCUT2D eigenvalue weighted by molar-refractivity contribution is 6.74. The van der Waals surface area contributed by atoms with Crippen molar-refractivity contribution in [1.29, 1.82) is 0 Å². The molecule has 0 aliphatic heterocycles. The number of halogens is 1. The van der Waals surface area contributed by atoms with Gasteiger partial charge in [-0.1, -0.05) is 45.0 Å². The Labute approximate surface area is 188 Å². The standard InChI is InChI=1S/C25H30FNO4Si/c1-7-30-24(29)20-14-27-22-13-18(21(26)12-19(22)23(20)28)17-10-8-16(9-11-17)15-31-32(5,6)25(2,3)4/h8-14H,7,15H2,1-6H3,(H,27,28). The Bertz CT molecular complexity index is 1190. The van der Waals surface area contributed by atoms with E-state index in [2.05, 4.69) is 38.8 Å². The summed E-state index contributed by atoms with van der Waals surface area (Å²) in [4.78, 5) is 27.5. The number of hydrogen-bond acceptors (Lipinski definition) is 4. The number of rotatable bonds is 6. The molecule has 7 heteroatoms. The molecule has 0 aliphatic carbocycles. The van der Waals surface area contributed by atoms with E-state index >= 15 is 0 Å². The Morgan fingerprint density at radius 1 is 1.12 bits per heavy atom. The van der Waals surface area contributed by atoms with Gasteiger partial charge in [-0.05, 0) is 48.3 Å². The molecule has 3 rings (SSSR count). The molecule has 5 nitrogen and oxygen atoms in total. The number of carbonyl (C=O) groups excluding carboxylic acids is 1. The van der Waals surface area contributed by atoms with E-state index in [1.54, 1.807) is 13.0 Å². The van der Waals surface area contributed by atoms with Crippen molar-refractivity contribution < 1.29 is 18.3 Å². The number of hydrogen-bond donors (Lipinski definition) is 1. The van der Waals surface area contributed by atoms with Crippen molar-refractivity contribution in [3.63, 3.8) is 0 Å². The number of ether oxygens (including phenoxy) is 1. The fraction of sp³-hybridized carbons (Fsp3) is 0.360. The van der Waals surface area contributed by atoms with Gasteiger partial charge in [-0.2, -0.15) is 0 Å². The van der Waals surface area contributed by atoms with Crippen molar-refractivity contribution in [2.45, 2.75) is 52.4 Å². The summed E-state index contributed by atoms with van der Waals surface area (Å²) in [6.07, 6.45) is 1.31. The molecule has 1 aromatic heterocycles. The second kappa shape index (κ2) is 9.00. The molecule has 0 fully saturated rings. The Kier molecular flexibility index (Phi) is 6.71. The summed E-state index contributed by atoms with van der Waals surface area (Å²) >= 11 is 0. The topological polar surface area (TPSA) is 68.4 Å². The molecule has 1 N–H and O–H groups in total. The van der Waals surface area contributed by atoms with E-state index in [4.69, 9.17) is 9.16 Å². The van der Waals surface area contributed by atoms with Gasteiger partial charge in [-0.3, -0.25) is 4.79 Å². The van der Waals surface area contributed by atoms with Gasteiger partial charge in [0.15, 0.2) is 8.32 Å². The van der Waals surface area contributed by atoms with Crippen LogP contribution in [0.25, 0.3) is 22.0 Å². The normalized spacial score (nSPS) is 12.2. The van der Waals surface area contributed by atoms with Crippen LogP contribution in [0.4, 0.5) is 4.39 Å². The van der Waals surface area contributed by atoms with Gasteiger partial charge in [0.2, 0.25) is 5.43 Å². The van der Waals surface area contributed by atoms with E-state index in [0.717, 1.165) is 5.56 Å². The third kappa shape index (κ3) is 4.84. The van der Waals surface area contributed by atoms with E-state index in [9.17, 15) is 14.0 Å². The lowest BCUT2D eigenvalue weighted by atomic mass is 10.0. The number of H-pyrrole nitrogens is 1. The zero-order chi connectivity index (χ0) is 23.7. The summed E-state index contributed by atoms with van der Waals surface area (Å²) in [6, 6.07) is 10.3. The minimum absolute atomic E-state index is 0.108. The fourth-order valence-corrected chi connectivity index (χ4v) is 4.04. The van der Waals surface area contributed by atoms with Crippen molar-refractivity contribution in [2.75, 3.05) is 6.61 Å². The molecule has 0 bridgehead atoms. The highest BCUT2D eigenvalue weighted by Gasteiger charge is 2.37. The summed E-state index contributed by atoms with van der Waals surface area (Å²) in [5.74, 6) is -1.26. The first-order valence-electron chi connectivity index (χ1n) is 10.7. The summed E-state index contributed by atoms with van der Waals surface area (Å²) in [5.41, 5.74) is 1.83. The largest absolute Gasteiger partial charge is 0.462 e. The highest BCUT2D eigenvalue weighted by Crippen LogP contribution is 2.37. The minimum Gasteiger partial charge on any atom is -0.462 e. The number of esters is 1. The molecule has 0 saturated heterocycles. The first-order valence-corrected chi connectivity index (χ1v) is 13.6. The van der Waals surface area contributed by atoms with Gasteiger partial charge in [0, 0.05) is 17.1 Å². The maximum atomic E-state index is 14.9. The molecule has 0 spiro atoms. The third-order valence-electron chi connectivity index (χ3n) is 6.13. The highest BCUT2D eigenvalue weighted by atomic mass is 28.4. The van der Waals surface area contributed by atoms with E-state index < -0.39 is 25.5 Å². The molecule has 1 heterocycles. The summed E-state index contributed by atoms with van der Waals surface area (Å²) in [7, 11) is -1.85. The number of nitrogens with one attached hydrogen (secondary N) is 1. The molecule has 0 saturated carbocycles. The van der Waals surface area contributed by atoms with Gasteiger partial charge in [0.05, 0.1) is 18.7 Å². The van der Waals surface area contributed by atoms with Crippen LogP contribution in [-0.2, 0) is 15.8 Å². The smallest absolute Gasteiger partial charge is 0.343 e. The molecular formula is C25H30FNO4Si. The SMILES string of the molecule is CCOC(=O)c1c[nH]c2cc(-c3ccc(CO[Si](C)(C)C(C)(C)C)cc3)c(F)cc2c1=O. The Hall–Kier alpha value is -2.77. The van der Waals surface area contributed by atoms with E-state index in [1.807, 2.05) is 24.3 Å². The maximum absolute atomic E-state index is 14.9. The fourth-order valence-electron chi connectivity index (χ4n) is 3.08. The molecule has 2 aromatic carbocycles. The van der Waals surface area contributed by atoms with Gasteiger partial charge >= 0.3 is 5.97 Å². The summed E-state index contributed by atoms with van der Waals surface area (Å²) in [6.45, 7) is 13.3. The van der Waals surface area contributed by atoms with Crippen molar-refractivity contribution in [2.24, 2.45) is 0 Å². The molecule has 32 heavy (non-hydrogen) atoms. The molecule has 0 amide bonds. The van der Waals surface area contributed by atoms with E-state index in [1.165, 1.54) is 12.3 Å². The third-order valence-corrected chi connectivity index (χ3v) is 10.6. The van der Waals surface area contributed by atoms with Gasteiger partial charge in [0.25, 0.3) is 0 Å². The van der Waals surface area contributed by atoms with Crippen molar-refractivity contribution in [3.8, 4) is 11.1 Å². The van der Waals surface area contributed by atoms with Gasteiger partial charge in [-0.15, -0.1) is 0 Å². The lowest BCUT2D eigenvalue weighted by Gasteiger charge is -2.36. The molecular weight excluding hydrogens is 425 g/mol. The van der Waals surface area contributed by atoms with Crippen LogP contribution in [0.5, 0.6) is 0 Å². The molecule has 0 radical (unpaired) electrons. The van der Waals surface area contributed by atoms with Crippen LogP contribution in [0, 0.1) is 5.82 Å². The zero-order valence-corrected chi connectivity index (χ0v) is 20.5. The number of aromatic nitrogens is 1. The molecule has 0 aliphatic rings. The predicted octanol–water partition coefficient (Wildman–Crippen LogP) is 6.03. The molecule has 0 unspecified atom stereocenters. The quantitative estimate of drug-likeness (QED) is 0.364. The Balaban J connectivity index is 1.88. The van der Waals surface area contributed by atoms with Gasteiger partial charge in [0.1, 0.15) is 11.4 Å². The second-order valence-corrected chi connectivity index (χ2v) is 14.2. The molecule has 0 atom stereocenters. The number of aromatic amines is 1. The lowest BCUT2D eigenvalue weighted by Crippen LogP contribution is -2.40. The summed E-state index contributed by atoms with van der Waals surface area (Å²) in [5, 5.41) is 0.238. The number of fused-ring (bicyclic) bond motifs is 1. The van der Waals surface area contributed by atoms with Crippen LogP contribution in [0.1, 0.15) is 43.6 Å². The van der Waals surface area contributed by atoms with E-state index in [0.29, 0.717) is 23.3 Å². The average molecular weight is 456 g/mol. The number of pyridine rings is 1. The van der Waals surface area contributed by atoms with Crippen LogP contribution in [-0.4, -0.2) is 25.9 Å². The van der Waals surface area contributed by atoms with Crippen LogP contribution < -0.4 is 5.43 Å². The number of benzene rings is 2. The first kappa shape index (κ1) is 23.9. The molecule has 170 valence electrons. The van der Waals surface area contributed by atoms with Crippen molar-refractivity contribution >= 4 is 25.2 Å². The van der Waals surface area contributed by atoms with Crippen LogP contribution in [0.3, 0.4) is 0 Å². The first-order chi connectivity index (χ1) is 14.9. The maximum Gasteiger partial charge on any atom is 0.343 e. The minimum atomic E-state index is -1.85. The molecule has 3 aromatic rings. The summed E-state index contributed by atoms with van der Waals surface area (Å²) < 4.78 is 26.1. The predicted molar refractivity (Wildman–Crippen MR) is 128 cm³/mol. The lowest BCUT2D eigenvalue weighted by molar-refractivity contribution is 0.0524. The second-order valence-electron chi connectivity index (χ2n) is 9.38.